The molecule has 196 valence electrons. The van der Waals surface area contributed by atoms with Crippen molar-refractivity contribution in [3.8, 4) is 0 Å². The van der Waals surface area contributed by atoms with Gasteiger partial charge in [-0.05, 0) is 39.7 Å². The van der Waals surface area contributed by atoms with E-state index in [4.69, 9.17) is 9.47 Å². The predicted molar refractivity (Wildman–Crippen MR) is 130 cm³/mol. The summed E-state index contributed by atoms with van der Waals surface area (Å²) in [7, 11) is 0. The van der Waals surface area contributed by atoms with Gasteiger partial charge in [0.05, 0.1) is 19.3 Å². The largest absolute Gasteiger partial charge is 0.444 e. The fraction of sp³-hybridized carbons (Fsp3) is 0.478. The first-order valence-electron chi connectivity index (χ1n) is 12.0. The molecule has 3 aliphatic rings. The van der Waals surface area contributed by atoms with Crippen LogP contribution in [0.25, 0.3) is 11.7 Å². The molecule has 3 fully saturated rings. The van der Waals surface area contributed by atoms with Crippen LogP contribution in [0.3, 0.4) is 0 Å². The fourth-order valence-corrected chi connectivity index (χ4v) is 3.83. The van der Waals surface area contributed by atoms with Crippen molar-refractivity contribution in [1.82, 2.24) is 30.1 Å². The molecule has 4 heterocycles. The Balaban J connectivity index is 1.38. The summed E-state index contributed by atoms with van der Waals surface area (Å²) in [6, 6.07) is 1.33. The average Bonchev–Trinajstić information content (AvgIpc) is 3.46. The molecule has 0 bridgehead atoms. The Bertz CT molecular complexity index is 1310. The topological polar surface area (TPSA) is 168 Å². The second-order valence-corrected chi connectivity index (χ2v) is 10.0. The number of carbonyl (C=O) groups excluding carboxylic acids is 4. The zero-order valence-electron chi connectivity index (χ0n) is 20.7. The first-order valence-corrected chi connectivity index (χ1v) is 12.0. The third-order valence-corrected chi connectivity index (χ3v) is 5.71. The molecule has 1 atom stereocenters. The third-order valence-electron chi connectivity index (χ3n) is 5.71. The number of nitrogens with one attached hydrogen (secondary N) is 4. The summed E-state index contributed by atoms with van der Waals surface area (Å²) >= 11 is 0. The van der Waals surface area contributed by atoms with Crippen LogP contribution >= 0.6 is 0 Å². The minimum Gasteiger partial charge on any atom is -0.444 e. The van der Waals surface area contributed by atoms with Gasteiger partial charge >= 0.3 is 12.1 Å². The molecule has 0 radical (unpaired) electrons. The molecule has 37 heavy (non-hydrogen) atoms. The van der Waals surface area contributed by atoms with E-state index < -0.39 is 35.6 Å². The second kappa shape index (κ2) is 9.35. The number of morpholine rings is 1. The number of carbonyl (C=O) groups is 4. The Kier molecular flexibility index (Phi) is 6.19. The standard InChI is InChI=1S/C23H28N8O6/c1-23(2,3)37-22(35)30-6-7-36-15(11-30)20(33)28-16-9-17(25-13-4-5-13)31-18(27-16)12(10-24-31)8-14-19(32)29-21(34)26-14/h8-10,13,15,25H,4-7,11H2,1-3H3,(H,27,28,33)(H2,26,29,32,34)/b14-8-. The number of hydrogen-bond donors (Lipinski definition) is 4. The number of urea groups is 1. The zero-order chi connectivity index (χ0) is 26.3. The van der Waals surface area contributed by atoms with E-state index in [1.807, 2.05) is 0 Å². The molecule has 2 aromatic heterocycles. The van der Waals surface area contributed by atoms with Crippen molar-refractivity contribution in [3.63, 3.8) is 0 Å². The van der Waals surface area contributed by atoms with Gasteiger partial charge in [0.15, 0.2) is 11.8 Å². The highest BCUT2D eigenvalue weighted by Crippen LogP contribution is 2.28. The van der Waals surface area contributed by atoms with Crippen molar-refractivity contribution in [2.24, 2.45) is 0 Å². The molecule has 5 rings (SSSR count). The van der Waals surface area contributed by atoms with E-state index in [0.717, 1.165) is 12.8 Å². The molecule has 14 nitrogen and oxygen atoms in total. The van der Waals surface area contributed by atoms with Crippen LogP contribution in [0.5, 0.6) is 0 Å². The fourth-order valence-electron chi connectivity index (χ4n) is 3.83. The maximum absolute atomic E-state index is 13.1. The van der Waals surface area contributed by atoms with Gasteiger partial charge in [0, 0.05) is 24.2 Å². The summed E-state index contributed by atoms with van der Waals surface area (Å²) in [6.45, 7) is 5.87. The van der Waals surface area contributed by atoms with Crippen LogP contribution in [-0.2, 0) is 19.1 Å². The first kappa shape index (κ1) is 24.5. The van der Waals surface area contributed by atoms with Gasteiger partial charge in [-0.2, -0.15) is 9.61 Å². The highest BCUT2D eigenvalue weighted by molar-refractivity contribution is 6.14. The van der Waals surface area contributed by atoms with Crippen molar-refractivity contribution in [2.75, 3.05) is 30.3 Å². The van der Waals surface area contributed by atoms with Gasteiger partial charge < -0.3 is 30.3 Å². The van der Waals surface area contributed by atoms with Crippen LogP contribution in [0, 0.1) is 0 Å². The number of rotatable bonds is 5. The van der Waals surface area contributed by atoms with Crippen molar-refractivity contribution in [3.05, 3.63) is 23.5 Å². The predicted octanol–water partition coefficient (Wildman–Crippen LogP) is 1.06. The van der Waals surface area contributed by atoms with Crippen molar-refractivity contribution < 1.29 is 28.7 Å². The molecule has 5 amide bonds. The Morgan fingerprint density at radius 2 is 2.03 bits per heavy atom. The van der Waals surface area contributed by atoms with E-state index >= 15 is 0 Å². The SMILES string of the molecule is CC(C)(C)OC(=O)N1CCOC(C(=O)Nc2cc(NC3CC3)n3ncc(/C=C4\NC(=O)NC4=O)c3n2)C1. The number of ether oxygens (including phenoxy) is 2. The normalized spacial score (nSPS) is 21.1. The van der Waals surface area contributed by atoms with Crippen LogP contribution in [-0.4, -0.2) is 80.9 Å². The molecule has 14 heteroatoms. The average molecular weight is 513 g/mol. The van der Waals surface area contributed by atoms with Gasteiger partial charge in [0.1, 0.15) is 22.9 Å². The maximum atomic E-state index is 13.1. The summed E-state index contributed by atoms with van der Waals surface area (Å²) in [5.41, 5.74) is 0.234. The number of imide groups is 1. The highest BCUT2D eigenvalue weighted by atomic mass is 16.6. The van der Waals surface area contributed by atoms with E-state index in [-0.39, 0.29) is 30.7 Å². The Labute approximate surface area is 211 Å². The van der Waals surface area contributed by atoms with Crippen molar-refractivity contribution >= 4 is 47.3 Å². The molecule has 1 saturated carbocycles. The second-order valence-electron chi connectivity index (χ2n) is 10.0. The van der Waals surface area contributed by atoms with E-state index in [2.05, 4.69) is 31.3 Å². The quantitative estimate of drug-likeness (QED) is 0.338. The zero-order valence-corrected chi connectivity index (χ0v) is 20.7. The molecule has 4 N–H and O–H groups in total. The number of amides is 5. The lowest BCUT2D eigenvalue weighted by molar-refractivity contribution is -0.132. The lowest BCUT2D eigenvalue weighted by Gasteiger charge is -2.33. The molecule has 1 aliphatic carbocycles. The minimum absolute atomic E-state index is 0.0367. The van der Waals surface area contributed by atoms with Crippen LogP contribution in [0.1, 0.15) is 39.2 Å². The molecular formula is C23H28N8O6. The maximum Gasteiger partial charge on any atom is 0.410 e. The molecule has 1 unspecified atom stereocenters. The Hall–Kier alpha value is -4.20. The Morgan fingerprint density at radius 1 is 1.24 bits per heavy atom. The van der Waals surface area contributed by atoms with Gasteiger partial charge in [-0.3, -0.25) is 14.9 Å². The molecule has 0 spiro atoms. The van der Waals surface area contributed by atoms with Crippen LogP contribution in [0.4, 0.5) is 21.2 Å². The number of aromatic nitrogens is 3. The van der Waals surface area contributed by atoms with Gasteiger partial charge in [0.25, 0.3) is 11.8 Å². The van der Waals surface area contributed by atoms with Gasteiger partial charge in [-0.15, -0.1) is 0 Å². The highest BCUT2D eigenvalue weighted by Gasteiger charge is 2.32. The van der Waals surface area contributed by atoms with Gasteiger partial charge in [-0.1, -0.05) is 0 Å². The third kappa shape index (κ3) is 5.63. The molecule has 2 aliphatic heterocycles. The van der Waals surface area contributed by atoms with E-state index in [1.165, 1.54) is 17.2 Å². The van der Waals surface area contributed by atoms with Crippen molar-refractivity contribution in [2.45, 2.75) is 51.4 Å². The van der Waals surface area contributed by atoms with Gasteiger partial charge in [-0.25, -0.2) is 14.6 Å². The van der Waals surface area contributed by atoms with E-state index in [1.54, 1.807) is 31.4 Å². The van der Waals surface area contributed by atoms with E-state index in [9.17, 15) is 19.2 Å². The smallest absolute Gasteiger partial charge is 0.410 e. The van der Waals surface area contributed by atoms with Gasteiger partial charge in [0.2, 0.25) is 0 Å². The monoisotopic (exact) mass is 512 g/mol. The lowest BCUT2D eigenvalue weighted by Crippen LogP contribution is -2.51. The molecule has 2 saturated heterocycles. The summed E-state index contributed by atoms with van der Waals surface area (Å²) in [5, 5.41) is 15.1. The van der Waals surface area contributed by atoms with E-state index in [0.29, 0.717) is 23.6 Å². The molecule has 2 aromatic rings. The van der Waals surface area contributed by atoms with Crippen LogP contribution in [0.2, 0.25) is 0 Å². The number of fused-ring (bicyclic) bond motifs is 1. The molecular weight excluding hydrogens is 484 g/mol. The minimum atomic E-state index is -0.914. The Morgan fingerprint density at radius 3 is 2.70 bits per heavy atom. The molecule has 0 aromatic carbocycles. The van der Waals surface area contributed by atoms with Crippen LogP contribution < -0.4 is 21.3 Å². The number of hydrogen-bond acceptors (Lipinski definition) is 9. The summed E-state index contributed by atoms with van der Waals surface area (Å²) in [6.07, 6.45) is 3.57. The summed E-state index contributed by atoms with van der Waals surface area (Å²) < 4.78 is 12.6. The first-order chi connectivity index (χ1) is 17.6. The van der Waals surface area contributed by atoms with Crippen molar-refractivity contribution in [1.29, 1.82) is 0 Å². The number of anilines is 2. The van der Waals surface area contributed by atoms with Crippen LogP contribution in [0.15, 0.2) is 18.0 Å². The summed E-state index contributed by atoms with van der Waals surface area (Å²) in [4.78, 5) is 55.0. The lowest BCUT2D eigenvalue weighted by atomic mass is 10.2. The number of nitrogens with zero attached hydrogens (tertiary/aromatic N) is 4. The summed E-state index contributed by atoms with van der Waals surface area (Å²) in [5.74, 6) is -0.190.